The second kappa shape index (κ2) is 3.49. The van der Waals surface area contributed by atoms with Crippen molar-refractivity contribution in [3.8, 4) is 11.3 Å². The molecule has 0 saturated heterocycles. The molecule has 0 aliphatic heterocycles. The molecule has 0 saturated carbocycles. The number of nitrogens with zero attached hydrogens (tertiary/aromatic N) is 1. The summed E-state index contributed by atoms with van der Waals surface area (Å²) < 4.78 is 5.33. The molecule has 1 aromatic carbocycles. The molecule has 0 bridgehead atoms. The summed E-state index contributed by atoms with van der Waals surface area (Å²) in [5.74, 6) is 0.972. The second-order valence-electron chi connectivity index (χ2n) is 3.72. The highest BCUT2D eigenvalue weighted by atomic mass is 79.9. The number of hydrogen-bond donors (Lipinski definition) is 0. The predicted molar refractivity (Wildman–Crippen MR) is 62.0 cm³/mol. The highest BCUT2D eigenvalue weighted by Gasteiger charge is 2.22. The minimum absolute atomic E-state index is 0.748. The van der Waals surface area contributed by atoms with Crippen molar-refractivity contribution in [2.45, 2.75) is 18.2 Å². The largest absolute Gasteiger partial charge is 0.360 e. The van der Waals surface area contributed by atoms with Gasteiger partial charge in [0.05, 0.1) is 5.33 Å². The molecule has 15 heavy (non-hydrogen) atoms. The third-order valence-electron chi connectivity index (χ3n) is 2.91. The van der Waals surface area contributed by atoms with Crippen LogP contribution in [0.4, 0.5) is 0 Å². The molecule has 1 aliphatic carbocycles. The quantitative estimate of drug-likeness (QED) is 0.738. The maximum Gasteiger partial charge on any atom is 0.151 e. The van der Waals surface area contributed by atoms with Crippen molar-refractivity contribution in [3.05, 3.63) is 41.2 Å². The van der Waals surface area contributed by atoms with Crippen LogP contribution in [-0.2, 0) is 18.2 Å². The van der Waals surface area contributed by atoms with Crippen LogP contribution >= 0.6 is 15.9 Å². The second-order valence-corrected chi connectivity index (χ2v) is 4.28. The fraction of sp³-hybridized carbons (Fsp3) is 0.250. The Morgan fingerprint density at radius 2 is 2.13 bits per heavy atom. The lowest BCUT2D eigenvalue weighted by atomic mass is 9.89. The molecule has 0 unspecified atom stereocenters. The van der Waals surface area contributed by atoms with Gasteiger partial charge in [-0.25, -0.2) is 0 Å². The fourth-order valence-corrected chi connectivity index (χ4v) is 2.59. The van der Waals surface area contributed by atoms with E-state index in [2.05, 4.69) is 45.4 Å². The zero-order valence-corrected chi connectivity index (χ0v) is 9.75. The van der Waals surface area contributed by atoms with E-state index in [0.717, 1.165) is 29.6 Å². The number of rotatable bonds is 1. The summed E-state index contributed by atoms with van der Waals surface area (Å²) in [4.78, 5) is 0. The van der Waals surface area contributed by atoms with Crippen molar-refractivity contribution in [3.63, 3.8) is 0 Å². The molecule has 0 atom stereocenters. The van der Waals surface area contributed by atoms with Crippen molar-refractivity contribution in [2.75, 3.05) is 0 Å². The van der Waals surface area contributed by atoms with Gasteiger partial charge in [0.25, 0.3) is 0 Å². The summed E-state index contributed by atoms with van der Waals surface area (Å²) >= 11 is 3.42. The molecule has 2 aromatic rings. The Morgan fingerprint density at radius 3 is 3.00 bits per heavy atom. The van der Waals surface area contributed by atoms with Gasteiger partial charge in [0, 0.05) is 11.1 Å². The van der Waals surface area contributed by atoms with E-state index in [1.54, 1.807) is 0 Å². The van der Waals surface area contributed by atoms with Gasteiger partial charge in [-0.2, -0.15) is 0 Å². The molecule has 3 heteroatoms. The normalized spacial score (nSPS) is 13.4. The third kappa shape index (κ3) is 1.34. The smallest absolute Gasteiger partial charge is 0.151 e. The minimum atomic E-state index is 0.748. The molecule has 0 radical (unpaired) electrons. The molecule has 0 N–H and O–H groups in total. The lowest BCUT2D eigenvalue weighted by molar-refractivity contribution is 0.396. The molecule has 1 heterocycles. The highest BCUT2D eigenvalue weighted by molar-refractivity contribution is 9.08. The summed E-state index contributed by atoms with van der Waals surface area (Å²) in [6, 6.07) is 8.42. The van der Waals surface area contributed by atoms with E-state index < -0.39 is 0 Å². The first-order chi connectivity index (χ1) is 7.40. The lowest BCUT2D eigenvalue weighted by Crippen LogP contribution is -2.03. The third-order valence-corrected chi connectivity index (χ3v) is 3.42. The monoisotopic (exact) mass is 263 g/mol. The molecule has 2 nitrogen and oxygen atoms in total. The van der Waals surface area contributed by atoms with Crippen molar-refractivity contribution >= 4 is 15.9 Å². The van der Waals surface area contributed by atoms with Crippen LogP contribution in [0.15, 0.2) is 28.8 Å². The first-order valence-electron chi connectivity index (χ1n) is 5.02. The van der Waals surface area contributed by atoms with Crippen LogP contribution in [0.2, 0.25) is 0 Å². The van der Waals surface area contributed by atoms with Crippen LogP contribution in [0.25, 0.3) is 11.3 Å². The average molecular weight is 264 g/mol. The predicted octanol–water partition coefficient (Wildman–Crippen LogP) is 3.34. The highest BCUT2D eigenvalue weighted by Crippen LogP contribution is 2.34. The number of alkyl halides is 1. The van der Waals surface area contributed by atoms with Crippen LogP contribution in [0.3, 0.4) is 0 Å². The van der Waals surface area contributed by atoms with E-state index in [1.165, 1.54) is 16.7 Å². The number of aromatic nitrogens is 1. The van der Waals surface area contributed by atoms with Crippen molar-refractivity contribution in [1.82, 2.24) is 5.16 Å². The number of halogens is 1. The number of hydrogen-bond acceptors (Lipinski definition) is 2. The average Bonchev–Trinajstić information content (AvgIpc) is 2.72. The van der Waals surface area contributed by atoms with Gasteiger partial charge in [-0.05, 0) is 18.4 Å². The van der Waals surface area contributed by atoms with Crippen LogP contribution in [-0.4, -0.2) is 5.16 Å². The van der Waals surface area contributed by atoms with E-state index in [-0.39, 0.29) is 0 Å². The fourth-order valence-electron chi connectivity index (χ4n) is 2.15. The Hall–Kier alpha value is -1.09. The molecular weight excluding hydrogens is 254 g/mol. The summed E-state index contributed by atoms with van der Waals surface area (Å²) in [6.45, 7) is 0. The van der Waals surface area contributed by atoms with Crippen LogP contribution in [0, 0.1) is 0 Å². The summed E-state index contributed by atoms with van der Waals surface area (Å²) in [5.41, 5.74) is 4.91. The van der Waals surface area contributed by atoms with Crippen molar-refractivity contribution < 1.29 is 4.52 Å². The topological polar surface area (TPSA) is 26.0 Å². The Balaban J connectivity index is 2.22. The zero-order chi connectivity index (χ0) is 10.3. The standard InChI is InChI=1S/C12H10BrNO/c13-7-11-10-6-5-8-3-1-2-4-9(8)12(10)14-15-11/h1-4H,5-7H2. The van der Waals surface area contributed by atoms with Crippen molar-refractivity contribution in [1.29, 1.82) is 0 Å². The summed E-state index contributed by atoms with van der Waals surface area (Å²) in [5, 5.41) is 4.91. The van der Waals surface area contributed by atoms with Gasteiger partial charge in [-0.15, -0.1) is 0 Å². The number of fused-ring (bicyclic) bond motifs is 3. The number of benzene rings is 1. The molecule has 1 aromatic heterocycles. The molecular formula is C12H10BrNO. The molecule has 0 amide bonds. The first-order valence-corrected chi connectivity index (χ1v) is 6.14. The van der Waals surface area contributed by atoms with E-state index in [4.69, 9.17) is 4.52 Å². The van der Waals surface area contributed by atoms with Gasteiger partial charge in [0.2, 0.25) is 0 Å². The van der Waals surface area contributed by atoms with Gasteiger partial charge < -0.3 is 4.52 Å². The van der Waals surface area contributed by atoms with Gasteiger partial charge in [0.1, 0.15) is 5.69 Å². The first kappa shape index (κ1) is 9.16. The molecule has 0 fully saturated rings. The number of aryl methyl sites for hydroxylation is 1. The van der Waals surface area contributed by atoms with E-state index in [9.17, 15) is 0 Å². The van der Waals surface area contributed by atoms with Crippen LogP contribution in [0.1, 0.15) is 16.9 Å². The van der Waals surface area contributed by atoms with E-state index in [0.29, 0.717) is 0 Å². The van der Waals surface area contributed by atoms with Crippen LogP contribution in [0.5, 0.6) is 0 Å². The summed E-state index contributed by atoms with van der Waals surface area (Å²) in [6.07, 6.45) is 2.13. The maximum absolute atomic E-state index is 5.33. The zero-order valence-electron chi connectivity index (χ0n) is 8.16. The minimum Gasteiger partial charge on any atom is -0.360 e. The Bertz CT molecular complexity index is 504. The Labute approximate surface area is 96.4 Å². The molecule has 0 spiro atoms. The van der Waals surface area contributed by atoms with E-state index in [1.807, 2.05) is 0 Å². The van der Waals surface area contributed by atoms with Gasteiger partial charge in [-0.3, -0.25) is 0 Å². The molecule has 1 aliphatic rings. The van der Waals surface area contributed by atoms with Crippen LogP contribution < -0.4 is 0 Å². The maximum atomic E-state index is 5.33. The summed E-state index contributed by atoms with van der Waals surface area (Å²) in [7, 11) is 0. The van der Waals surface area contributed by atoms with Gasteiger partial charge >= 0.3 is 0 Å². The lowest BCUT2D eigenvalue weighted by Gasteiger charge is -2.14. The SMILES string of the molecule is BrCc1onc2c1CCc1ccccc1-2. The Kier molecular flexibility index (Phi) is 2.13. The Morgan fingerprint density at radius 1 is 1.27 bits per heavy atom. The van der Waals surface area contributed by atoms with Crippen molar-refractivity contribution in [2.24, 2.45) is 0 Å². The van der Waals surface area contributed by atoms with E-state index >= 15 is 0 Å². The van der Waals surface area contributed by atoms with Gasteiger partial charge in [-0.1, -0.05) is 45.4 Å². The van der Waals surface area contributed by atoms with Gasteiger partial charge in [0.15, 0.2) is 5.76 Å². The molecule has 76 valence electrons. The molecule has 3 rings (SSSR count).